The number of H-pyrrole nitrogens is 1. The van der Waals surface area contributed by atoms with Gasteiger partial charge in [0.2, 0.25) is 5.91 Å². The quantitative estimate of drug-likeness (QED) is 0.584. The van der Waals surface area contributed by atoms with Crippen LogP contribution in [0.15, 0.2) is 42.5 Å². The second kappa shape index (κ2) is 9.38. The minimum Gasteiger partial charge on any atom is -0.406 e. The Morgan fingerprint density at radius 2 is 1.71 bits per heavy atom. The lowest BCUT2D eigenvalue weighted by Gasteiger charge is -2.34. The number of benzene rings is 2. The van der Waals surface area contributed by atoms with Gasteiger partial charge in [-0.3, -0.25) is 14.5 Å². The van der Waals surface area contributed by atoms with Gasteiger partial charge >= 0.3 is 6.36 Å². The number of rotatable bonds is 5. The van der Waals surface area contributed by atoms with Crippen molar-refractivity contribution in [3.63, 3.8) is 0 Å². The van der Waals surface area contributed by atoms with E-state index in [-0.39, 0.29) is 24.1 Å². The molecular formula is C24H25F3N4O3. The summed E-state index contributed by atoms with van der Waals surface area (Å²) in [7, 11) is 0. The average Bonchev–Trinajstić information content (AvgIpc) is 3.07. The number of carbonyl (C=O) groups excluding carboxylic acids is 2. The molecule has 10 heteroatoms. The van der Waals surface area contributed by atoms with E-state index in [0.29, 0.717) is 37.4 Å². The number of amides is 2. The van der Waals surface area contributed by atoms with Gasteiger partial charge in [-0.25, -0.2) is 0 Å². The fourth-order valence-electron chi connectivity index (χ4n) is 4.03. The molecule has 4 rings (SSSR count). The van der Waals surface area contributed by atoms with Gasteiger partial charge in [0.1, 0.15) is 5.75 Å². The van der Waals surface area contributed by atoms with E-state index >= 15 is 0 Å². The highest BCUT2D eigenvalue weighted by Gasteiger charge is 2.31. The number of ether oxygens (including phenoxy) is 1. The Labute approximate surface area is 194 Å². The first-order valence-corrected chi connectivity index (χ1v) is 10.9. The molecule has 180 valence electrons. The summed E-state index contributed by atoms with van der Waals surface area (Å²) in [6, 6.07) is 10.6. The van der Waals surface area contributed by atoms with E-state index in [9.17, 15) is 22.8 Å². The molecule has 3 aromatic rings. The zero-order valence-corrected chi connectivity index (χ0v) is 18.8. The third-order valence-corrected chi connectivity index (χ3v) is 5.95. The third-order valence-electron chi connectivity index (χ3n) is 5.95. The van der Waals surface area contributed by atoms with E-state index in [1.807, 2.05) is 36.9 Å². The molecular weight excluding hydrogens is 449 g/mol. The number of anilines is 1. The SMILES string of the molecule is Cc1[nH]c2ccc(C(=O)N3CCN(CC(=O)Nc4ccc(OC(F)(F)F)cc4)CC3)cc2c1C. The summed E-state index contributed by atoms with van der Waals surface area (Å²) in [6.07, 6.45) is -4.76. The molecule has 0 unspecified atom stereocenters. The van der Waals surface area contributed by atoms with Crippen molar-refractivity contribution in [1.29, 1.82) is 0 Å². The van der Waals surface area contributed by atoms with E-state index in [2.05, 4.69) is 15.0 Å². The summed E-state index contributed by atoms with van der Waals surface area (Å²) in [5, 5.41) is 3.70. The highest BCUT2D eigenvalue weighted by molar-refractivity contribution is 5.99. The minimum absolute atomic E-state index is 0.0366. The van der Waals surface area contributed by atoms with Crippen LogP contribution in [0.4, 0.5) is 18.9 Å². The summed E-state index contributed by atoms with van der Waals surface area (Å²) in [4.78, 5) is 32.3. The second-order valence-corrected chi connectivity index (χ2v) is 8.32. The molecule has 0 spiro atoms. The lowest BCUT2D eigenvalue weighted by Crippen LogP contribution is -2.50. The number of carbonyl (C=O) groups is 2. The molecule has 0 bridgehead atoms. The highest BCUT2D eigenvalue weighted by atomic mass is 19.4. The lowest BCUT2D eigenvalue weighted by atomic mass is 10.1. The van der Waals surface area contributed by atoms with Crippen molar-refractivity contribution < 1.29 is 27.5 Å². The van der Waals surface area contributed by atoms with Crippen LogP contribution < -0.4 is 10.1 Å². The number of hydrogen-bond donors (Lipinski definition) is 2. The van der Waals surface area contributed by atoms with Crippen LogP contribution in [-0.2, 0) is 4.79 Å². The monoisotopic (exact) mass is 474 g/mol. The fourth-order valence-corrected chi connectivity index (χ4v) is 4.03. The highest BCUT2D eigenvalue weighted by Crippen LogP contribution is 2.25. The molecule has 2 heterocycles. The number of aromatic nitrogens is 1. The smallest absolute Gasteiger partial charge is 0.406 e. The van der Waals surface area contributed by atoms with Gasteiger partial charge in [-0.2, -0.15) is 0 Å². The van der Waals surface area contributed by atoms with E-state index in [1.165, 1.54) is 12.1 Å². The molecule has 1 aliphatic rings. The maximum absolute atomic E-state index is 13.0. The largest absolute Gasteiger partial charge is 0.573 e. The van der Waals surface area contributed by atoms with Gasteiger partial charge in [-0.1, -0.05) is 0 Å². The summed E-state index contributed by atoms with van der Waals surface area (Å²) < 4.78 is 40.5. The van der Waals surface area contributed by atoms with Gasteiger partial charge in [0.15, 0.2) is 0 Å². The predicted molar refractivity (Wildman–Crippen MR) is 122 cm³/mol. The Bertz CT molecular complexity index is 1200. The number of nitrogens with zero attached hydrogens (tertiary/aromatic N) is 2. The first-order valence-electron chi connectivity index (χ1n) is 10.9. The molecule has 1 fully saturated rings. The number of fused-ring (bicyclic) bond motifs is 1. The number of nitrogens with one attached hydrogen (secondary N) is 2. The number of aromatic amines is 1. The molecule has 0 radical (unpaired) electrons. The molecule has 34 heavy (non-hydrogen) atoms. The van der Waals surface area contributed by atoms with Gasteiger partial charge in [0.25, 0.3) is 5.91 Å². The topological polar surface area (TPSA) is 77.7 Å². The van der Waals surface area contributed by atoms with Gasteiger partial charge in [0, 0.05) is 54.0 Å². The third kappa shape index (κ3) is 5.51. The molecule has 1 aliphatic heterocycles. The summed E-state index contributed by atoms with van der Waals surface area (Å²) in [6.45, 7) is 6.23. The predicted octanol–water partition coefficient (Wildman–Crippen LogP) is 4.08. The molecule has 2 aromatic carbocycles. The van der Waals surface area contributed by atoms with Gasteiger partial charge in [0.05, 0.1) is 6.54 Å². The Morgan fingerprint density at radius 1 is 1.03 bits per heavy atom. The van der Waals surface area contributed by atoms with Gasteiger partial charge < -0.3 is 19.9 Å². The first-order chi connectivity index (χ1) is 16.1. The Kier molecular flexibility index (Phi) is 6.52. The van der Waals surface area contributed by atoms with Crippen molar-refractivity contribution in [1.82, 2.24) is 14.8 Å². The van der Waals surface area contributed by atoms with Crippen LogP contribution >= 0.6 is 0 Å². The van der Waals surface area contributed by atoms with Crippen molar-refractivity contribution in [3.8, 4) is 5.75 Å². The van der Waals surface area contributed by atoms with Crippen molar-refractivity contribution in [2.24, 2.45) is 0 Å². The van der Waals surface area contributed by atoms with Crippen LogP contribution in [0, 0.1) is 13.8 Å². The first kappa shape index (κ1) is 23.6. The molecule has 1 aromatic heterocycles. The zero-order chi connectivity index (χ0) is 24.5. The van der Waals surface area contributed by atoms with Crippen LogP contribution in [0.25, 0.3) is 10.9 Å². The average molecular weight is 474 g/mol. The van der Waals surface area contributed by atoms with Crippen LogP contribution in [0.3, 0.4) is 0 Å². The number of hydrogen-bond acceptors (Lipinski definition) is 4. The van der Waals surface area contributed by atoms with E-state index in [4.69, 9.17) is 0 Å². The Balaban J connectivity index is 1.28. The van der Waals surface area contributed by atoms with Gasteiger partial charge in [-0.05, 0) is 61.9 Å². The molecule has 0 atom stereocenters. The molecule has 7 nitrogen and oxygen atoms in total. The van der Waals surface area contributed by atoms with E-state index in [0.717, 1.165) is 34.3 Å². The minimum atomic E-state index is -4.76. The van der Waals surface area contributed by atoms with Gasteiger partial charge in [-0.15, -0.1) is 13.2 Å². The van der Waals surface area contributed by atoms with Crippen molar-refractivity contribution in [3.05, 3.63) is 59.3 Å². The fraction of sp³-hybridized carbons (Fsp3) is 0.333. The summed E-state index contributed by atoms with van der Waals surface area (Å²) in [5.41, 5.74) is 4.22. The van der Waals surface area contributed by atoms with Crippen LogP contribution in [0.1, 0.15) is 21.6 Å². The zero-order valence-electron chi connectivity index (χ0n) is 18.8. The molecule has 1 saturated heterocycles. The summed E-state index contributed by atoms with van der Waals surface area (Å²) in [5.74, 6) is -0.675. The maximum Gasteiger partial charge on any atom is 0.573 e. The van der Waals surface area contributed by atoms with E-state index < -0.39 is 6.36 Å². The summed E-state index contributed by atoms with van der Waals surface area (Å²) >= 11 is 0. The number of piperazine rings is 1. The lowest BCUT2D eigenvalue weighted by molar-refractivity contribution is -0.274. The number of aryl methyl sites for hydroxylation is 2. The van der Waals surface area contributed by atoms with Crippen LogP contribution in [-0.4, -0.2) is 65.7 Å². The normalized spacial score (nSPS) is 14.9. The van der Waals surface area contributed by atoms with Crippen molar-refractivity contribution in [2.45, 2.75) is 20.2 Å². The van der Waals surface area contributed by atoms with E-state index in [1.54, 1.807) is 4.90 Å². The molecule has 2 amide bonds. The van der Waals surface area contributed by atoms with Crippen molar-refractivity contribution in [2.75, 3.05) is 38.0 Å². The van der Waals surface area contributed by atoms with Crippen LogP contribution in [0.2, 0.25) is 0 Å². The Morgan fingerprint density at radius 3 is 2.35 bits per heavy atom. The molecule has 0 saturated carbocycles. The maximum atomic E-state index is 13.0. The standard InChI is InChI=1S/C24H25F3N4O3/c1-15-16(2)28-21-8-3-17(13-20(15)21)23(33)31-11-9-30(10-12-31)14-22(32)29-18-4-6-19(7-5-18)34-24(25,26)27/h3-8,13,28H,9-12,14H2,1-2H3,(H,29,32). The van der Waals surface area contributed by atoms with Crippen molar-refractivity contribution >= 4 is 28.4 Å². The Hall–Kier alpha value is -3.53. The van der Waals surface area contributed by atoms with Crippen LogP contribution in [0.5, 0.6) is 5.75 Å². The number of halogens is 3. The molecule has 0 aliphatic carbocycles. The number of alkyl halides is 3. The second-order valence-electron chi connectivity index (χ2n) is 8.32. The molecule has 2 N–H and O–H groups in total.